The number of ether oxygens (including phenoxy) is 2. The van der Waals surface area contributed by atoms with E-state index in [1.165, 1.54) is 0 Å². The SMILES string of the molecule is COCc1cccc(NC(=O)COc2ccc(Br)c(C)c2)c1. The summed E-state index contributed by atoms with van der Waals surface area (Å²) in [6.07, 6.45) is 0. The van der Waals surface area contributed by atoms with Gasteiger partial charge in [0, 0.05) is 17.3 Å². The molecule has 0 saturated heterocycles. The Morgan fingerprint density at radius 1 is 1.23 bits per heavy atom. The molecule has 5 heteroatoms. The number of nitrogens with one attached hydrogen (secondary N) is 1. The predicted octanol–water partition coefficient (Wildman–Crippen LogP) is 3.92. The van der Waals surface area contributed by atoms with Crippen molar-refractivity contribution in [2.75, 3.05) is 19.0 Å². The third kappa shape index (κ3) is 4.86. The quantitative estimate of drug-likeness (QED) is 0.845. The fourth-order valence-electron chi connectivity index (χ4n) is 1.96. The van der Waals surface area contributed by atoms with E-state index < -0.39 is 0 Å². The first kappa shape index (κ1) is 16.5. The molecule has 0 aliphatic carbocycles. The Morgan fingerprint density at radius 3 is 2.77 bits per heavy atom. The van der Waals surface area contributed by atoms with E-state index in [0.717, 1.165) is 21.3 Å². The van der Waals surface area contributed by atoms with Crippen LogP contribution in [-0.4, -0.2) is 19.6 Å². The van der Waals surface area contributed by atoms with Gasteiger partial charge in [-0.2, -0.15) is 0 Å². The zero-order valence-electron chi connectivity index (χ0n) is 12.6. The van der Waals surface area contributed by atoms with E-state index >= 15 is 0 Å². The fraction of sp³-hybridized carbons (Fsp3) is 0.235. The number of hydrogen-bond donors (Lipinski definition) is 1. The number of amides is 1. The van der Waals surface area contributed by atoms with Crippen molar-refractivity contribution in [1.82, 2.24) is 0 Å². The molecule has 0 unspecified atom stereocenters. The van der Waals surface area contributed by atoms with Crippen molar-refractivity contribution in [3.8, 4) is 5.75 Å². The first-order valence-corrected chi connectivity index (χ1v) is 7.64. The number of aryl methyl sites for hydroxylation is 1. The van der Waals surface area contributed by atoms with Crippen LogP contribution in [0.2, 0.25) is 0 Å². The molecule has 0 atom stereocenters. The average molecular weight is 364 g/mol. The summed E-state index contributed by atoms with van der Waals surface area (Å²) in [5.74, 6) is 0.471. The molecule has 0 aromatic heterocycles. The summed E-state index contributed by atoms with van der Waals surface area (Å²) >= 11 is 3.43. The van der Waals surface area contributed by atoms with Crippen molar-refractivity contribution in [3.63, 3.8) is 0 Å². The molecule has 0 spiro atoms. The van der Waals surface area contributed by atoms with Gasteiger partial charge in [-0.05, 0) is 48.4 Å². The van der Waals surface area contributed by atoms with Gasteiger partial charge in [-0.25, -0.2) is 0 Å². The summed E-state index contributed by atoms with van der Waals surface area (Å²) in [7, 11) is 1.64. The van der Waals surface area contributed by atoms with Crippen LogP contribution >= 0.6 is 15.9 Å². The molecule has 1 N–H and O–H groups in total. The van der Waals surface area contributed by atoms with Gasteiger partial charge in [0.2, 0.25) is 0 Å². The van der Waals surface area contributed by atoms with Gasteiger partial charge in [-0.15, -0.1) is 0 Å². The highest BCUT2D eigenvalue weighted by Crippen LogP contribution is 2.21. The second-order valence-electron chi connectivity index (χ2n) is 4.88. The largest absolute Gasteiger partial charge is 0.484 e. The van der Waals surface area contributed by atoms with Gasteiger partial charge < -0.3 is 14.8 Å². The van der Waals surface area contributed by atoms with Crippen LogP contribution < -0.4 is 10.1 Å². The van der Waals surface area contributed by atoms with E-state index in [2.05, 4.69) is 21.2 Å². The zero-order chi connectivity index (χ0) is 15.9. The molecule has 116 valence electrons. The van der Waals surface area contributed by atoms with E-state index in [0.29, 0.717) is 12.4 Å². The Labute approximate surface area is 138 Å². The third-order valence-corrected chi connectivity index (χ3v) is 3.91. The normalized spacial score (nSPS) is 10.3. The highest BCUT2D eigenvalue weighted by Gasteiger charge is 2.05. The molecular formula is C17H18BrNO3. The van der Waals surface area contributed by atoms with E-state index in [1.54, 1.807) is 7.11 Å². The molecule has 0 bridgehead atoms. The summed E-state index contributed by atoms with van der Waals surface area (Å²) in [6, 6.07) is 13.1. The predicted molar refractivity (Wildman–Crippen MR) is 90.2 cm³/mol. The van der Waals surface area contributed by atoms with Crippen LogP contribution in [0.25, 0.3) is 0 Å². The number of hydrogen-bond acceptors (Lipinski definition) is 3. The maximum Gasteiger partial charge on any atom is 0.262 e. The lowest BCUT2D eigenvalue weighted by Gasteiger charge is -2.09. The lowest BCUT2D eigenvalue weighted by Crippen LogP contribution is -2.20. The van der Waals surface area contributed by atoms with Crippen LogP contribution in [0.1, 0.15) is 11.1 Å². The number of carbonyl (C=O) groups is 1. The van der Waals surface area contributed by atoms with Crippen molar-refractivity contribution in [2.45, 2.75) is 13.5 Å². The number of carbonyl (C=O) groups excluding carboxylic acids is 1. The van der Waals surface area contributed by atoms with E-state index in [-0.39, 0.29) is 12.5 Å². The Balaban J connectivity index is 1.90. The average Bonchev–Trinajstić information content (AvgIpc) is 2.49. The van der Waals surface area contributed by atoms with Gasteiger partial charge in [-0.1, -0.05) is 28.1 Å². The minimum absolute atomic E-state index is 0.0322. The lowest BCUT2D eigenvalue weighted by molar-refractivity contribution is -0.118. The Hall–Kier alpha value is -1.85. The molecule has 22 heavy (non-hydrogen) atoms. The van der Waals surface area contributed by atoms with Crippen molar-refractivity contribution in [2.24, 2.45) is 0 Å². The first-order valence-electron chi connectivity index (χ1n) is 6.85. The minimum Gasteiger partial charge on any atom is -0.484 e. The molecule has 0 aliphatic heterocycles. The number of halogens is 1. The van der Waals surface area contributed by atoms with Crippen LogP contribution in [0.15, 0.2) is 46.9 Å². The number of rotatable bonds is 6. The highest BCUT2D eigenvalue weighted by molar-refractivity contribution is 9.10. The van der Waals surface area contributed by atoms with Crippen LogP contribution in [-0.2, 0) is 16.1 Å². The maximum atomic E-state index is 11.9. The van der Waals surface area contributed by atoms with Gasteiger partial charge in [0.15, 0.2) is 6.61 Å². The lowest BCUT2D eigenvalue weighted by atomic mass is 10.2. The van der Waals surface area contributed by atoms with Gasteiger partial charge in [-0.3, -0.25) is 4.79 Å². The molecular weight excluding hydrogens is 346 g/mol. The maximum absolute atomic E-state index is 11.9. The summed E-state index contributed by atoms with van der Waals surface area (Å²) < 4.78 is 11.6. The van der Waals surface area contributed by atoms with Gasteiger partial charge >= 0.3 is 0 Å². The Bertz CT molecular complexity index is 658. The zero-order valence-corrected chi connectivity index (χ0v) is 14.1. The molecule has 0 aliphatic rings. The summed E-state index contributed by atoms with van der Waals surface area (Å²) in [5, 5.41) is 2.81. The third-order valence-electron chi connectivity index (χ3n) is 3.02. The molecule has 4 nitrogen and oxygen atoms in total. The summed E-state index contributed by atoms with van der Waals surface area (Å²) in [4.78, 5) is 11.9. The van der Waals surface area contributed by atoms with E-state index in [4.69, 9.17) is 9.47 Å². The molecule has 2 aromatic rings. The summed E-state index contributed by atoms with van der Waals surface area (Å²) in [6.45, 7) is 2.45. The van der Waals surface area contributed by atoms with Gasteiger partial charge in [0.1, 0.15) is 5.75 Å². The summed E-state index contributed by atoms with van der Waals surface area (Å²) in [5.41, 5.74) is 2.80. The number of methoxy groups -OCH3 is 1. The minimum atomic E-state index is -0.199. The second-order valence-corrected chi connectivity index (χ2v) is 5.74. The van der Waals surface area contributed by atoms with Crippen LogP contribution in [0.5, 0.6) is 5.75 Å². The molecule has 2 aromatic carbocycles. The van der Waals surface area contributed by atoms with Crippen LogP contribution in [0, 0.1) is 6.92 Å². The van der Waals surface area contributed by atoms with E-state index in [9.17, 15) is 4.79 Å². The Morgan fingerprint density at radius 2 is 2.05 bits per heavy atom. The van der Waals surface area contributed by atoms with Crippen molar-refractivity contribution < 1.29 is 14.3 Å². The molecule has 1 amide bonds. The molecule has 0 heterocycles. The molecule has 0 saturated carbocycles. The number of anilines is 1. The smallest absolute Gasteiger partial charge is 0.262 e. The van der Waals surface area contributed by atoms with Crippen molar-refractivity contribution in [1.29, 1.82) is 0 Å². The van der Waals surface area contributed by atoms with Crippen LogP contribution in [0.4, 0.5) is 5.69 Å². The standard InChI is InChI=1S/C17H18BrNO3/c1-12-8-15(6-7-16(12)18)22-11-17(20)19-14-5-3-4-13(9-14)10-21-2/h3-9H,10-11H2,1-2H3,(H,19,20). The van der Waals surface area contributed by atoms with E-state index in [1.807, 2.05) is 49.4 Å². The highest BCUT2D eigenvalue weighted by atomic mass is 79.9. The van der Waals surface area contributed by atoms with Crippen molar-refractivity contribution in [3.05, 3.63) is 58.1 Å². The van der Waals surface area contributed by atoms with Gasteiger partial charge in [0.05, 0.1) is 6.61 Å². The van der Waals surface area contributed by atoms with Gasteiger partial charge in [0.25, 0.3) is 5.91 Å². The topological polar surface area (TPSA) is 47.6 Å². The van der Waals surface area contributed by atoms with Crippen molar-refractivity contribution >= 4 is 27.5 Å². The first-order chi connectivity index (χ1) is 10.6. The molecule has 0 fully saturated rings. The fourth-order valence-corrected chi connectivity index (χ4v) is 2.21. The molecule has 2 rings (SSSR count). The van der Waals surface area contributed by atoms with Crippen LogP contribution in [0.3, 0.4) is 0 Å². The number of benzene rings is 2. The molecule has 0 radical (unpaired) electrons. The monoisotopic (exact) mass is 363 g/mol. The second kappa shape index (κ2) is 7.96. The Kier molecular flexibility index (Phi) is 5.98.